The van der Waals surface area contributed by atoms with Crippen LogP contribution in [0.1, 0.15) is 30.9 Å². The van der Waals surface area contributed by atoms with E-state index < -0.39 is 0 Å². The molecule has 2 aliphatic rings. The van der Waals surface area contributed by atoms with Gasteiger partial charge in [0.15, 0.2) is 0 Å². The van der Waals surface area contributed by atoms with Crippen molar-refractivity contribution in [3.05, 3.63) is 35.4 Å². The van der Waals surface area contributed by atoms with Crippen LogP contribution in [0.5, 0.6) is 0 Å². The molecule has 2 fully saturated rings. The fourth-order valence-electron chi connectivity index (χ4n) is 3.72. The van der Waals surface area contributed by atoms with Gasteiger partial charge >= 0.3 is 0 Å². The molecule has 0 N–H and O–H groups in total. The molecule has 5 nitrogen and oxygen atoms in total. The van der Waals surface area contributed by atoms with Crippen LogP contribution in [0.2, 0.25) is 0 Å². The van der Waals surface area contributed by atoms with Crippen molar-refractivity contribution in [2.45, 2.75) is 26.3 Å². The SMILES string of the molecule is CC(C)c1ccc(CN2CCN(CC(=O)N3CCN(C)CC3)CC2)cc1. The number of rotatable bonds is 5. The number of hydrogen-bond acceptors (Lipinski definition) is 4. The number of amides is 1. The molecule has 0 bridgehead atoms. The van der Waals surface area contributed by atoms with Crippen molar-refractivity contribution < 1.29 is 4.79 Å². The zero-order chi connectivity index (χ0) is 18.5. The van der Waals surface area contributed by atoms with Crippen molar-refractivity contribution in [1.82, 2.24) is 19.6 Å². The van der Waals surface area contributed by atoms with Crippen LogP contribution in [-0.4, -0.2) is 91.5 Å². The van der Waals surface area contributed by atoms with Gasteiger partial charge in [-0.15, -0.1) is 0 Å². The van der Waals surface area contributed by atoms with E-state index in [1.807, 2.05) is 4.90 Å². The first-order valence-corrected chi connectivity index (χ1v) is 10.0. The van der Waals surface area contributed by atoms with Crippen LogP contribution in [-0.2, 0) is 11.3 Å². The smallest absolute Gasteiger partial charge is 0.236 e. The maximum Gasteiger partial charge on any atom is 0.236 e. The van der Waals surface area contributed by atoms with Gasteiger partial charge in [0.05, 0.1) is 6.54 Å². The van der Waals surface area contributed by atoms with E-state index in [0.29, 0.717) is 18.4 Å². The van der Waals surface area contributed by atoms with E-state index in [-0.39, 0.29) is 0 Å². The maximum atomic E-state index is 12.5. The highest BCUT2D eigenvalue weighted by Gasteiger charge is 2.23. The van der Waals surface area contributed by atoms with Crippen LogP contribution in [0, 0.1) is 0 Å². The Morgan fingerprint density at radius 3 is 2.04 bits per heavy atom. The van der Waals surface area contributed by atoms with Crippen molar-refractivity contribution in [3.8, 4) is 0 Å². The van der Waals surface area contributed by atoms with E-state index >= 15 is 0 Å². The molecule has 2 saturated heterocycles. The molecule has 144 valence electrons. The number of hydrogen-bond donors (Lipinski definition) is 0. The summed E-state index contributed by atoms with van der Waals surface area (Å²) in [4.78, 5) is 21.6. The Labute approximate surface area is 158 Å². The van der Waals surface area contributed by atoms with E-state index in [1.54, 1.807) is 0 Å². The molecule has 0 spiro atoms. The second kappa shape index (κ2) is 8.98. The van der Waals surface area contributed by atoms with Gasteiger partial charge in [-0.25, -0.2) is 0 Å². The second-order valence-corrected chi connectivity index (χ2v) is 8.13. The number of nitrogens with zero attached hydrogens (tertiary/aromatic N) is 4. The highest BCUT2D eigenvalue weighted by atomic mass is 16.2. The van der Waals surface area contributed by atoms with Gasteiger partial charge < -0.3 is 9.80 Å². The Bertz CT molecular complexity index is 570. The van der Waals surface area contributed by atoms with E-state index in [4.69, 9.17) is 0 Å². The molecular weight excluding hydrogens is 324 g/mol. The summed E-state index contributed by atoms with van der Waals surface area (Å²) < 4.78 is 0. The average molecular weight is 359 g/mol. The molecule has 1 aromatic carbocycles. The zero-order valence-electron chi connectivity index (χ0n) is 16.7. The molecule has 5 heteroatoms. The highest BCUT2D eigenvalue weighted by Crippen LogP contribution is 2.16. The summed E-state index contributed by atoms with van der Waals surface area (Å²) in [6.07, 6.45) is 0. The third kappa shape index (κ3) is 5.29. The molecule has 0 saturated carbocycles. The average Bonchev–Trinajstić information content (AvgIpc) is 2.64. The topological polar surface area (TPSA) is 30.0 Å². The summed E-state index contributed by atoms with van der Waals surface area (Å²) in [5, 5.41) is 0. The number of likely N-dealkylation sites (N-methyl/N-ethyl adjacent to an activating group) is 1. The van der Waals surface area contributed by atoms with E-state index in [2.05, 4.69) is 59.9 Å². The van der Waals surface area contributed by atoms with Crippen molar-refractivity contribution in [2.75, 3.05) is 66.0 Å². The van der Waals surface area contributed by atoms with Gasteiger partial charge in [0.2, 0.25) is 5.91 Å². The fraction of sp³-hybridized carbons (Fsp3) is 0.667. The Kier molecular flexibility index (Phi) is 6.68. The van der Waals surface area contributed by atoms with E-state index in [0.717, 1.165) is 58.9 Å². The highest BCUT2D eigenvalue weighted by molar-refractivity contribution is 5.78. The Hall–Kier alpha value is -1.43. The Morgan fingerprint density at radius 1 is 0.885 bits per heavy atom. The van der Waals surface area contributed by atoms with Crippen molar-refractivity contribution in [1.29, 1.82) is 0 Å². The monoisotopic (exact) mass is 358 g/mol. The molecule has 3 rings (SSSR count). The van der Waals surface area contributed by atoms with E-state index in [1.165, 1.54) is 11.1 Å². The van der Waals surface area contributed by atoms with Gasteiger partial charge in [0.1, 0.15) is 0 Å². The largest absolute Gasteiger partial charge is 0.339 e. The first-order chi connectivity index (χ1) is 12.5. The van der Waals surface area contributed by atoms with Gasteiger partial charge in [-0.2, -0.15) is 0 Å². The third-order valence-corrected chi connectivity index (χ3v) is 5.73. The minimum atomic E-state index is 0.302. The van der Waals surface area contributed by atoms with Crippen LogP contribution in [0.25, 0.3) is 0 Å². The Balaban J connectivity index is 1.40. The Morgan fingerprint density at radius 2 is 1.46 bits per heavy atom. The van der Waals surface area contributed by atoms with Crippen LogP contribution in [0.15, 0.2) is 24.3 Å². The van der Waals surface area contributed by atoms with Crippen LogP contribution >= 0.6 is 0 Å². The number of piperazine rings is 2. The minimum Gasteiger partial charge on any atom is -0.339 e. The van der Waals surface area contributed by atoms with Gasteiger partial charge in [0.25, 0.3) is 0 Å². The maximum absolute atomic E-state index is 12.5. The zero-order valence-corrected chi connectivity index (χ0v) is 16.7. The molecule has 2 aliphatic heterocycles. The lowest BCUT2D eigenvalue weighted by Gasteiger charge is -2.37. The van der Waals surface area contributed by atoms with Gasteiger partial charge in [-0.1, -0.05) is 38.1 Å². The van der Waals surface area contributed by atoms with Gasteiger partial charge in [0, 0.05) is 58.9 Å². The van der Waals surface area contributed by atoms with Crippen molar-refractivity contribution >= 4 is 5.91 Å². The summed E-state index contributed by atoms with van der Waals surface area (Å²) in [5.41, 5.74) is 2.79. The molecule has 0 unspecified atom stereocenters. The molecule has 0 aliphatic carbocycles. The molecule has 1 aromatic rings. The molecule has 0 aromatic heterocycles. The molecule has 0 radical (unpaired) electrons. The first kappa shape index (κ1) is 19.3. The first-order valence-electron chi connectivity index (χ1n) is 10.0. The van der Waals surface area contributed by atoms with Gasteiger partial charge in [-0.3, -0.25) is 14.6 Å². The van der Waals surface area contributed by atoms with E-state index in [9.17, 15) is 4.79 Å². The summed E-state index contributed by atoms with van der Waals surface area (Å²) in [6, 6.07) is 9.03. The van der Waals surface area contributed by atoms with Crippen molar-refractivity contribution in [3.63, 3.8) is 0 Å². The third-order valence-electron chi connectivity index (χ3n) is 5.73. The number of carbonyl (C=O) groups is 1. The second-order valence-electron chi connectivity index (χ2n) is 8.13. The standard InChI is InChI=1S/C21H34N4O/c1-18(2)20-6-4-19(5-7-20)16-23-10-12-24(13-11-23)17-21(26)25-14-8-22(3)9-15-25/h4-7,18H,8-17H2,1-3H3. The summed E-state index contributed by atoms with van der Waals surface area (Å²) in [7, 11) is 2.12. The number of carbonyl (C=O) groups excluding carboxylic acids is 1. The summed E-state index contributed by atoms with van der Waals surface area (Å²) >= 11 is 0. The molecular formula is C21H34N4O. The lowest BCUT2D eigenvalue weighted by molar-refractivity contribution is -0.134. The normalized spacial score (nSPS) is 20.7. The molecule has 1 amide bonds. The van der Waals surface area contributed by atoms with Gasteiger partial charge in [-0.05, 0) is 24.1 Å². The van der Waals surface area contributed by atoms with Crippen molar-refractivity contribution in [2.24, 2.45) is 0 Å². The van der Waals surface area contributed by atoms with Crippen LogP contribution < -0.4 is 0 Å². The predicted octanol–water partition coefficient (Wildman–Crippen LogP) is 1.70. The molecule has 0 atom stereocenters. The summed E-state index contributed by atoms with van der Waals surface area (Å²) in [6.45, 7) is 13.9. The summed E-state index contributed by atoms with van der Waals surface area (Å²) in [5.74, 6) is 0.890. The minimum absolute atomic E-state index is 0.302. The fourth-order valence-corrected chi connectivity index (χ4v) is 3.72. The lowest BCUT2D eigenvalue weighted by Crippen LogP contribution is -2.53. The predicted molar refractivity (Wildman–Crippen MR) is 106 cm³/mol. The lowest BCUT2D eigenvalue weighted by atomic mass is 10.0. The molecule has 26 heavy (non-hydrogen) atoms. The van der Waals surface area contributed by atoms with Crippen LogP contribution in [0.3, 0.4) is 0 Å². The quantitative estimate of drug-likeness (QED) is 0.801. The van der Waals surface area contributed by atoms with Crippen LogP contribution in [0.4, 0.5) is 0 Å². The molecule has 2 heterocycles. The number of benzene rings is 1.